The Morgan fingerprint density at radius 1 is 1.28 bits per heavy atom. The molecule has 1 aromatic rings. The molecule has 0 aromatic heterocycles. The highest BCUT2D eigenvalue weighted by Crippen LogP contribution is 2.29. The summed E-state index contributed by atoms with van der Waals surface area (Å²) in [5, 5.41) is 8.96. The van der Waals surface area contributed by atoms with Gasteiger partial charge in [0.15, 0.2) is 0 Å². The Labute approximate surface area is 111 Å². The molecule has 1 aliphatic rings. The Hall–Kier alpha value is -0.860. The predicted octanol–water partition coefficient (Wildman–Crippen LogP) is 2.98. The molecule has 0 saturated carbocycles. The molecule has 0 bridgehead atoms. The largest absolute Gasteiger partial charge is 0.395 e. The number of likely N-dealkylation sites (tertiary alicyclic amines) is 1. The van der Waals surface area contributed by atoms with Gasteiger partial charge in [0.25, 0.3) is 0 Å². The predicted molar refractivity (Wildman–Crippen MR) is 76.0 cm³/mol. The lowest BCUT2D eigenvalue weighted by Crippen LogP contribution is -2.34. The van der Waals surface area contributed by atoms with Crippen molar-refractivity contribution in [1.29, 1.82) is 0 Å². The molecule has 2 rings (SSSR count). The van der Waals surface area contributed by atoms with Crippen molar-refractivity contribution in [3.63, 3.8) is 0 Å². The smallest absolute Gasteiger partial charge is 0.0558 e. The van der Waals surface area contributed by atoms with E-state index in [9.17, 15) is 0 Å². The molecule has 0 atom stereocenters. The van der Waals surface area contributed by atoms with Gasteiger partial charge < -0.3 is 10.0 Å². The first-order chi connectivity index (χ1) is 8.70. The van der Waals surface area contributed by atoms with Gasteiger partial charge in [-0.3, -0.25) is 0 Å². The summed E-state index contributed by atoms with van der Waals surface area (Å²) in [4.78, 5) is 2.36. The van der Waals surface area contributed by atoms with Gasteiger partial charge in [-0.2, -0.15) is 0 Å². The fourth-order valence-electron chi connectivity index (χ4n) is 2.80. The second-order valence-electron chi connectivity index (χ2n) is 5.66. The first kappa shape index (κ1) is 13.6. The number of benzene rings is 1. The second kappa shape index (κ2) is 6.35. The van der Waals surface area contributed by atoms with Crippen LogP contribution in [0, 0.1) is 0 Å². The van der Waals surface area contributed by atoms with E-state index in [4.69, 9.17) is 5.11 Å². The van der Waals surface area contributed by atoms with Gasteiger partial charge in [0, 0.05) is 6.54 Å². The van der Waals surface area contributed by atoms with E-state index < -0.39 is 0 Å². The summed E-state index contributed by atoms with van der Waals surface area (Å²) in [7, 11) is 0. The van der Waals surface area contributed by atoms with Crippen LogP contribution in [0.25, 0.3) is 0 Å². The lowest BCUT2D eigenvalue weighted by atomic mass is 9.87. The molecule has 100 valence electrons. The van der Waals surface area contributed by atoms with Crippen LogP contribution in [0.5, 0.6) is 0 Å². The molecule has 1 N–H and O–H groups in total. The molecule has 2 nitrogen and oxygen atoms in total. The van der Waals surface area contributed by atoms with E-state index in [0.717, 1.165) is 19.6 Å². The number of nitrogens with zero attached hydrogens (tertiary/aromatic N) is 1. The minimum Gasteiger partial charge on any atom is -0.395 e. The maximum atomic E-state index is 8.96. The van der Waals surface area contributed by atoms with Crippen LogP contribution in [0.4, 0.5) is 0 Å². The molecule has 0 aliphatic carbocycles. The zero-order chi connectivity index (χ0) is 13.0. The van der Waals surface area contributed by atoms with Crippen LogP contribution in [-0.4, -0.2) is 36.2 Å². The van der Waals surface area contributed by atoms with Crippen LogP contribution in [0.3, 0.4) is 0 Å². The molecule has 0 spiro atoms. The molecular weight excluding hydrogens is 222 g/mol. The minimum atomic E-state index is 0.285. The lowest BCUT2D eigenvalue weighted by Gasteiger charge is -2.31. The Bertz CT molecular complexity index is 367. The SMILES string of the molecule is CC(C)c1cccc(C2CCN(CCO)CC2)c1. The Balaban J connectivity index is 1.98. The second-order valence-corrected chi connectivity index (χ2v) is 5.66. The van der Waals surface area contributed by atoms with E-state index in [0.29, 0.717) is 11.8 Å². The highest BCUT2D eigenvalue weighted by molar-refractivity contribution is 5.28. The van der Waals surface area contributed by atoms with Crippen molar-refractivity contribution in [2.24, 2.45) is 0 Å². The quantitative estimate of drug-likeness (QED) is 0.884. The summed E-state index contributed by atoms with van der Waals surface area (Å²) < 4.78 is 0. The van der Waals surface area contributed by atoms with E-state index >= 15 is 0 Å². The average molecular weight is 247 g/mol. The summed E-state index contributed by atoms with van der Waals surface area (Å²) in [5.74, 6) is 1.32. The highest BCUT2D eigenvalue weighted by atomic mass is 16.3. The molecule has 0 radical (unpaired) electrons. The van der Waals surface area contributed by atoms with Crippen LogP contribution in [0.1, 0.15) is 49.7 Å². The summed E-state index contributed by atoms with van der Waals surface area (Å²) in [6, 6.07) is 9.09. The zero-order valence-corrected chi connectivity index (χ0v) is 11.6. The molecule has 1 saturated heterocycles. The van der Waals surface area contributed by atoms with Crippen molar-refractivity contribution < 1.29 is 5.11 Å². The average Bonchev–Trinajstić information content (AvgIpc) is 2.40. The van der Waals surface area contributed by atoms with Gasteiger partial charge in [-0.25, -0.2) is 0 Å². The molecule has 1 aromatic carbocycles. The van der Waals surface area contributed by atoms with E-state index in [-0.39, 0.29) is 6.61 Å². The van der Waals surface area contributed by atoms with Gasteiger partial charge in [-0.15, -0.1) is 0 Å². The van der Waals surface area contributed by atoms with E-state index in [1.54, 1.807) is 0 Å². The number of β-amino-alcohol motifs (C(OH)–C–C–N with tert-alkyl or cyclic N) is 1. The maximum Gasteiger partial charge on any atom is 0.0558 e. The van der Waals surface area contributed by atoms with Crippen LogP contribution in [-0.2, 0) is 0 Å². The topological polar surface area (TPSA) is 23.5 Å². The van der Waals surface area contributed by atoms with Crippen LogP contribution in [0.2, 0.25) is 0 Å². The summed E-state index contributed by atoms with van der Waals surface area (Å²) in [6.45, 7) is 7.87. The molecule has 1 aliphatic heterocycles. The van der Waals surface area contributed by atoms with Crippen LogP contribution in [0.15, 0.2) is 24.3 Å². The van der Waals surface area contributed by atoms with Gasteiger partial charge in [-0.05, 0) is 48.9 Å². The van der Waals surface area contributed by atoms with Crippen molar-refractivity contribution in [2.75, 3.05) is 26.2 Å². The summed E-state index contributed by atoms with van der Waals surface area (Å²) in [5.41, 5.74) is 2.95. The number of aliphatic hydroxyl groups is 1. The maximum absolute atomic E-state index is 8.96. The summed E-state index contributed by atoms with van der Waals surface area (Å²) in [6.07, 6.45) is 2.45. The van der Waals surface area contributed by atoms with E-state index in [2.05, 4.69) is 43.0 Å². The zero-order valence-electron chi connectivity index (χ0n) is 11.6. The fraction of sp³-hybridized carbons (Fsp3) is 0.625. The Morgan fingerprint density at radius 2 is 2.00 bits per heavy atom. The van der Waals surface area contributed by atoms with E-state index in [1.165, 1.54) is 24.0 Å². The molecule has 1 heterocycles. The van der Waals surface area contributed by atoms with Crippen molar-refractivity contribution in [3.8, 4) is 0 Å². The van der Waals surface area contributed by atoms with Crippen molar-refractivity contribution in [1.82, 2.24) is 4.90 Å². The van der Waals surface area contributed by atoms with Gasteiger partial charge in [-0.1, -0.05) is 38.1 Å². The minimum absolute atomic E-state index is 0.285. The molecule has 2 heteroatoms. The molecule has 0 unspecified atom stereocenters. The molecule has 18 heavy (non-hydrogen) atoms. The van der Waals surface area contributed by atoms with Gasteiger partial charge in [0.1, 0.15) is 0 Å². The third-order valence-corrected chi connectivity index (χ3v) is 4.05. The molecule has 0 amide bonds. The monoisotopic (exact) mass is 247 g/mol. The number of rotatable bonds is 4. The van der Waals surface area contributed by atoms with Gasteiger partial charge in [0.2, 0.25) is 0 Å². The third kappa shape index (κ3) is 3.33. The number of hydrogen-bond donors (Lipinski definition) is 1. The van der Waals surface area contributed by atoms with Gasteiger partial charge in [0.05, 0.1) is 6.61 Å². The standard InChI is InChI=1S/C16H25NO/c1-13(2)15-4-3-5-16(12-15)14-6-8-17(9-7-14)10-11-18/h3-5,12-14,18H,6-11H2,1-2H3. The lowest BCUT2D eigenvalue weighted by molar-refractivity contribution is 0.164. The van der Waals surface area contributed by atoms with Crippen LogP contribution >= 0.6 is 0 Å². The van der Waals surface area contributed by atoms with Crippen molar-refractivity contribution in [3.05, 3.63) is 35.4 Å². The van der Waals surface area contributed by atoms with Crippen molar-refractivity contribution >= 4 is 0 Å². The molecule has 1 fully saturated rings. The summed E-state index contributed by atoms with van der Waals surface area (Å²) >= 11 is 0. The normalized spacial score (nSPS) is 18.4. The third-order valence-electron chi connectivity index (χ3n) is 4.05. The fourth-order valence-corrected chi connectivity index (χ4v) is 2.80. The first-order valence-corrected chi connectivity index (χ1v) is 7.13. The number of piperidine rings is 1. The molecular formula is C16H25NO. The van der Waals surface area contributed by atoms with Gasteiger partial charge >= 0.3 is 0 Å². The van der Waals surface area contributed by atoms with E-state index in [1.807, 2.05) is 0 Å². The Morgan fingerprint density at radius 3 is 2.61 bits per heavy atom. The first-order valence-electron chi connectivity index (χ1n) is 7.13. The van der Waals surface area contributed by atoms with Crippen molar-refractivity contribution in [2.45, 2.75) is 38.5 Å². The highest BCUT2D eigenvalue weighted by Gasteiger charge is 2.20. The van der Waals surface area contributed by atoms with Crippen LogP contribution < -0.4 is 0 Å². The number of aliphatic hydroxyl groups excluding tert-OH is 1. The Kier molecular flexibility index (Phi) is 4.79. The number of hydrogen-bond acceptors (Lipinski definition) is 2.